The summed E-state index contributed by atoms with van der Waals surface area (Å²) >= 11 is 0. The lowest BCUT2D eigenvalue weighted by Gasteiger charge is -2.23. The van der Waals surface area contributed by atoms with Crippen LogP contribution in [-0.2, 0) is 6.42 Å². The minimum Gasteiger partial charge on any atom is -0.507 e. The lowest BCUT2D eigenvalue weighted by atomic mass is 9.82. The molecule has 5 aromatic rings. The fourth-order valence-corrected chi connectivity index (χ4v) is 4.84. The van der Waals surface area contributed by atoms with Crippen molar-refractivity contribution in [3.05, 3.63) is 107 Å². The van der Waals surface area contributed by atoms with Gasteiger partial charge in [-0.25, -0.2) is 0 Å². The molecule has 0 saturated carbocycles. The second-order valence-corrected chi connectivity index (χ2v) is 8.68. The topological polar surface area (TPSA) is 80.9 Å². The van der Waals surface area contributed by atoms with E-state index in [0.717, 1.165) is 18.4 Å². The Kier molecular flexibility index (Phi) is 5.50. The molecule has 0 spiro atoms. The number of rotatable bonds is 5. The van der Waals surface area contributed by atoms with Gasteiger partial charge in [0.05, 0.1) is 0 Å². The monoisotopic (exact) mass is 450 g/mol. The second kappa shape index (κ2) is 8.64. The van der Waals surface area contributed by atoms with Crippen molar-refractivity contribution < 1.29 is 20.4 Å². The summed E-state index contributed by atoms with van der Waals surface area (Å²) in [6, 6.07) is 25.5. The number of fused-ring (bicyclic) bond motifs is 2. The first-order valence-electron chi connectivity index (χ1n) is 11.5. The van der Waals surface area contributed by atoms with Crippen LogP contribution in [0, 0.1) is 0 Å². The molecule has 5 rings (SSSR count). The number of hydrogen-bond acceptors (Lipinski definition) is 4. The quantitative estimate of drug-likeness (QED) is 0.218. The van der Waals surface area contributed by atoms with Crippen molar-refractivity contribution in [1.82, 2.24) is 0 Å². The smallest absolute Gasteiger partial charge is 0.127 e. The maximum absolute atomic E-state index is 11.3. The van der Waals surface area contributed by atoms with E-state index in [1.54, 1.807) is 60.7 Å². The van der Waals surface area contributed by atoms with Crippen molar-refractivity contribution in [3.8, 4) is 23.0 Å². The molecule has 4 heteroatoms. The van der Waals surface area contributed by atoms with E-state index in [2.05, 4.69) is 19.1 Å². The van der Waals surface area contributed by atoms with Gasteiger partial charge in [0.2, 0.25) is 0 Å². The summed E-state index contributed by atoms with van der Waals surface area (Å²) in [6.07, 6.45) is 2.03. The van der Waals surface area contributed by atoms with Crippen molar-refractivity contribution in [2.45, 2.75) is 25.7 Å². The van der Waals surface area contributed by atoms with Gasteiger partial charge in [0, 0.05) is 38.6 Å². The number of phenolic OH excluding ortho intramolecular Hbond substituents is 4. The Bertz CT molecular complexity index is 1410. The van der Waals surface area contributed by atoms with E-state index in [9.17, 15) is 20.4 Å². The van der Waals surface area contributed by atoms with Gasteiger partial charge in [-0.05, 0) is 29.7 Å². The number of benzene rings is 5. The minimum absolute atomic E-state index is 0.0615. The van der Waals surface area contributed by atoms with Gasteiger partial charge < -0.3 is 20.4 Å². The highest BCUT2D eigenvalue weighted by atomic mass is 16.3. The van der Waals surface area contributed by atoms with E-state index in [1.807, 2.05) is 12.1 Å². The van der Waals surface area contributed by atoms with Crippen molar-refractivity contribution in [2.75, 3.05) is 0 Å². The molecule has 4 nitrogen and oxygen atoms in total. The van der Waals surface area contributed by atoms with Crippen LogP contribution in [0.4, 0.5) is 0 Å². The summed E-state index contributed by atoms with van der Waals surface area (Å²) in [5.74, 6) is -0.139. The predicted molar refractivity (Wildman–Crippen MR) is 136 cm³/mol. The van der Waals surface area contributed by atoms with E-state index in [1.165, 1.54) is 5.56 Å². The van der Waals surface area contributed by atoms with Crippen molar-refractivity contribution >= 4 is 21.5 Å². The number of hydrogen-bond donors (Lipinski definition) is 4. The van der Waals surface area contributed by atoms with Crippen molar-refractivity contribution in [2.24, 2.45) is 0 Å². The highest BCUT2D eigenvalue weighted by Gasteiger charge is 2.25. The van der Waals surface area contributed by atoms with Crippen LogP contribution < -0.4 is 0 Å². The molecule has 170 valence electrons. The van der Waals surface area contributed by atoms with Crippen LogP contribution in [-0.4, -0.2) is 20.4 Å². The minimum atomic E-state index is -0.464. The Morgan fingerprint density at radius 3 is 1.53 bits per heavy atom. The van der Waals surface area contributed by atoms with E-state index in [0.29, 0.717) is 32.7 Å². The standard InChI is InChI=1S/C30H26O4/c1-2-5-18-10-12-19(13-11-18)28(24-16-14-20-22(29(24)33)6-3-8-26(20)31)25-17-15-21-23(30(25)34)7-4-9-27(21)32/h3-4,6-17,28,31-34H,2,5H2,1H3. The second-order valence-electron chi connectivity index (χ2n) is 8.68. The third-order valence-corrected chi connectivity index (χ3v) is 6.56. The van der Waals surface area contributed by atoms with Gasteiger partial charge in [0.25, 0.3) is 0 Å². The molecule has 0 saturated heterocycles. The van der Waals surface area contributed by atoms with Crippen LogP contribution in [0.2, 0.25) is 0 Å². The summed E-state index contributed by atoms with van der Waals surface area (Å²) in [7, 11) is 0. The molecule has 5 aromatic carbocycles. The molecule has 4 N–H and O–H groups in total. The van der Waals surface area contributed by atoms with Crippen LogP contribution in [0.5, 0.6) is 23.0 Å². The molecule has 34 heavy (non-hydrogen) atoms. The number of aromatic hydroxyl groups is 4. The number of aryl methyl sites for hydroxylation is 1. The molecule has 0 atom stereocenters. The van der Waals surface area contributed by atoms with Gasteiger partial charge >= 0.3 is 0 Å². The van der Waals surface area contributed by atoms with Crippen LogP contribution in [0.1, 0.15) is 41.5 Å². The summed E-state index contributed by atoms with van der Waals surface area (Å²) in [4.78, 5) is 0. The first-order valence-corrected chi connectivity index (χ1v) is 11.5. The summed E-state index contributed by atoms with van der Waals surface area (Å²) in [5, 5.41) is 45.4. The molecule has 0 fully saturated rings. The average Bonchev–Trinajstić information content (AvgIpc) is 2.84. The number of phenols is 4. The van der Waals surface area contributed by atoms with Crippen LogP contribution in [0.3, 0.4) is 0 Å². The normalized spacial score (nSPS) is 11.5. The van der Waals surface area contributed by atoms with Gasteiger partial charge in [-0.15, -0.1) is 0 Å². The molecule has 0 aliphatic carbocycles. The van der Waals surface area contributed by atoms with Gasteiger partial charge in [-0.2, -0.15) is 0 Å². The van der Waals surface area contributed by atoms with Crippen molar-refractivity contribution in [3.63, 3.8) is 0 Å². The SMILES string of the molecule is CCCc1ccc(C(c2ccc3c(O)cccc3c2O)c2ccc3c(O)cccc3c2O)cc1. The molecule has 0 aliphatic rings. The third kappa shape index (κ3) is 3.57. The molecular formula is C30H26O4. The molecule has 0 aromatic heterocycles. The van der Waals surface area contributed by atoms with Crippen LogP contribution in [0.25, 0.3) is 21.5 Å². The zero-order valence-electron chi connectivity index (χ0n) is 18.9. The van der Waals surface area contributed by atoms with Gasteiger partial charge in [-0.1, -0.05) is 86.1 Å². The fourth-order valence-electron chi connectivity index (χ4n) is 4.84. The molecular weight excluding hydrogens is 424 g/mol. The van der Waals surface area contributed by atoms with Crippen LogP contribution in [0.15, 0.2) is 84.9 Å². The maximum Gasteiger partial charge on any atom is 0.127 e. The summed E-state index contributed by atoms with van der Waals surface area (Å²) in [6.45, 7) is 2.14. The maximum atomic E-state index is 11.3. The predicted octanol–water partition coefficient (Wildman–Crippen LogP) is 6.95. The van der Waals surface area contributed by atoms with Gasteiger partial charge in [0.1, 0.15) is 23.0 Å². The lowest BCUT2D eigenvalue weighted by Crippen LogP contribution is -2.05. The first kappa shape index (κ1) is 21.7. The zero-order chi connectivity index (χ0) is 23.8. The molecule has 0 heterocycles. The highest BCUT2D eigenvalue weighted by Crippen LogP contribution is 2.46. The Hall–Kier alpha value is -4.18. The van der Waals surface area contributed by atoms with Crippen LogP contribution >= 0.6 is 0 Å². The average molecular weight is 451 g/mol. The Morgan fingerprint density at radius 2 is 1.06 bits per heavy atom. The van der Waals surface area contributed by atoms with E-state index in [-0.39, 0.29) is 23.0 Å². The Labute approximate surface area is 198 Å². The fraction of sp³-hybridized carbons (Fsp3) is 0.133. The van der Waals surface area contributed by atoms with E-state index in [4.69, 9.17) is 0 Å². The molecule has 0 bridgehead atoms. The Balaban J connectivity index is 1.77. The molecule has 0 radical (unpaired) electrons. The first-order chi connectivity index (χ1) is 16.5. The lowest BCUT2D eigenvalue weighted by molar-refractivity contribution is 0.463. The third-order valence-electron chi connectivity index (χ3n) is 6.56. The van der Waals surface area contributed by atoms with Gasteiger partial charge in [0.15, 0.2) is 0 Å². The van der Waals surface area contributed by atoms with Crippen molar-refractivity contribution in [1.29, 1.82) is 0 Å². The van der Waals surface area contributed by atoms with E-state index < -0.39 is 5.92 Å². The summed E-state index contributed by atoms with van der Waals surface area (Å²) < 4.78 is 0. The summed E-state index contributed by atoms with van der Waals surface area (Å²) in [5.41, 5.74) is 3.39. The zero-order valence-corrected chi connectivity index (χ0v) is 18.9. The van der Waals surface area contributed by atoms with E-state index >= 15 is 0 Å². The molecule has 0 amide bonds. The Morgan fingerprint density at radius 1 is 0.559 bits per heavy atom. The molecule has 0 unspecified atom stereocenters. The molecule has 0 aliphatic heterocycles. The largest absolute Gasteiger partial charge is 0.507 e. The highest BCUT2D eigenvalue weighted by molar-refractivity contribution is 5.96. The van der Waals surface area contributed by atoms with Gasteiger partial charge in [-0.3, -0.25) is 0 Å².